The van der Waals surface area contributed by atoms with E-state index >= 15 is 0 Å². The number of halogens is 1. The number of carbonyl (C=O) groups is 1. The van der Waals surface area contributed by atoms with Gasteiger partial charge in [-0.15, -0.1) is 0 Å². The zero-order valence-corrected chi connectivity index (χ0v) is 14.7. The number of nitrogens with one attached hydrogen (secondary N) is 1. The SMILES string of the molecule is CN(C(=O)C=Cc1ccc(Oc2cccnc2)c(F)c1)C1CCNCC1. The number of benzene rings is 1. The quantitative estimate of drug-likeness (QED) is 0.837. The molecule has 6 heteroatoms. The lowest BCUT2D eigenvalue weighted by Gasteiger charge is -2.30. The van der Waals surface area contributed by atoms with Crippen LogP contribution in [0.4, 0.5) is 4.39 Å². The number of hydrogen-bond acceptors (Lipinski definition) is 4. The van der Waals surface area contributed by atoms with Gasteiger partial charge in [-0.05, 0) is 61.8 Å². The Labute approximate surface area is 152 Å². The summed E-state index contributed by atoms with van der Waals surface area (Å²) in [6.07, 6.45) is 8.14. The van der Waals surface area contributed by atoms with Gasteiger partial charge in [0.2, 0.25) is 5.91 Å². The molecule has 1 amide bonds. The van der Waals surface area contributed by atoms with Gasteiger partial charge in [0.1, 0.15) is 5.75 Å². The van der Waals surface area contributed by atoms with Gasteiger partial charge in [0, 0.05) is 25.4 Å². The van der Waals surface area contributed by atoms with Crippen LogP contribution in [0.25, 0.3) is 6.08 Å². The predicted molar refractivity (Wildman–Crippen MR) is 98.4 cm³/mol. The summed E-state index contributed by atoms with van der Waals surface area (Å²) in [5.41, 5.74) is 0.605. The minimum atomic E-state index is -0.491. The van der Waals surface area contributed by atoms with Crippen molar-refractivity contribution in [3.63, 3.8) is 0 Å². The minimum Gasteiger partial charge on any atom is -0.453 e. The van der Waals surface area contributed by atoms with Crippen molar-refractivity contribution >= 4 is 12.0 Å². The maximum Gasteiger partial charge on any atom is 0.246 e. The van der Waals surface area contributed by atoms with Crippen LogP contribution in [0.1, 0.15) is 18.4 Å². The number of ether oxygens (including phenoxy) is 1. The second-order valence-electron chi connectivity index (χ2n) is 6.24. The summed E-state index contributed by atoms with van der Waals surface area (Å²) in [5.74, 6) is 0.0184. The summed E-state index contributed by atoms with van der Waals surface area (Å²) in [4.78, 5) is 18.0. The molecule has 1 aliphatic heterocycles. The average Bonchev–Trinajstić information content (AvgIpc) is 2.69. The molecular weight excluding hydrogens is 333 g/mol. The van der Waals surface area contributed by atoms with Crippen LogP contribution in [0.15, 0.2) is 48.8 Å². The molecule has 26 heavy (non-hydrogen) atoms. The molecule has 0 unspecified atom stereocenters. The van der Waals surface area contributed by atoms with E-state index in [4.69, 9.17) is 4.74 Å². The normalized spacial score (nSPS) is 15.2. The fraction of sp³-hybridized carbons (Fsp3) is 0.300. The van der Waals surface area contributed by atoms with Gasteiger partial charge >= 0.3 is 0 Å². The van der Waals surface area contributed by atoms with E-state index < -0.39 is 5.82 Å². The topological polar surface area (TPSA) is 54.5 Å². The number of piperidine rings is 1. The summed E-state index contributed by atoms with van der Waals surface area (Å²) >= 11 is 0. The molecule has 0 aliphatic carbocycles. The highest BCUT2D eigenvalue weighted by Gasteiger charge is 2.20. The number of nitrogens with zero attached hydrogens (tertiary/aromatic N) is 2. The molecule has 0 bridgehead atoms. The van der Waals surface area contributed by atoms with Crippen LogP contribution in [0.5, 0.6) is 11.5 Å². The van der Waals surface area contributed by atoms with Crippen molar-refractivity contribution in [2.45, 2.75) is 18.9 Å². The highest BCUT2D eigenvalue weighted by Crippen LogP contribution is 2.25. The minimum absolute atomic E-state index is 0.0759. The number of likely N-dealkylation sites (N-methyl/N-ethyl adjacent to an activating group) is 1. The van der Waals surface area contributed by atoms with E-state index in [1.807, 2.05) is 7.05 Å². The van der Waals surface area contributed by atoms with Crippen molar-refractivity contribution in [2.75, 3.05) is 20.1 Å². The third-order valence-electron chi connectivity index (χ3n) is 4.44. The van der Waals surface area contributed by atoms with Crippen LogP contribution in [-0.4, -0.2) is 42.0 Å². The maximum atomic E-state index is 14.2. The fourth-order valence-corrected chi connectivity index (χ4v) is 2.90. The summed E-state index contributed by atoms with van der Waals surface area (Å²) in [6.45, 7) is 1.85. The van der Waals surface area contributed by atoms with Crippen molar-refractivity contribution in [3.8, 4) is 11.5 Å². The van der Waals surface area contributed by atoms with Gasteiger partial charge in [-0.25, -0.2) is 4.39 Å². The molecule has 0 atom stereocenters. The molecule has 1 N–H and O–H groups in total. The Balaban J connectivity index is 1.63. The van der Waals surface area contributed by atoms with Gasteiger partial charge in [-0.1, -0.05) is 6.07 Å². The summed E-state index contributed by atoms with van der Waals surface area (Å²) in [5, 5.41) is 3.28. The van der Waals surface area contributed by atoms with Gasteiger partial charge in [0.05, 0.1) is 6.20 Å². The molecule has 3 rings (SSSR count). The second-order valence-corrected chi connectivity index (χ2v) is 6.24. The second kappa shape index (κ2) is 8.58. The molecule has 0 spiro atoms. The highest BCUT2D eigenvalue weighted by atomic mass is 19.1. The van der Waals surface area contributed by atoms with E-state index in [1.54, 1.807) is 41.4 Å². The molecule has 5 nitrogen and oxygen atoms in total. The van der Waals surface area contributed by atoms with E-state index in [9.17, 15) is 9.18 Å². The Bertz CT molecular complexity index is 774. The van der Waals surface area contributed by atoms with Gasteiger partial charge in [-0.3, -0.25) is 9.78 Å². The first-order valence-corrected chi connectivity index (χ1v) is 8.66. The third-order valence-corrected chi connectivity index (χ3v) is 4.44. The Kier molecular flexibility index (Phi) is 5.96. The smallest absolute Gasteiger partial charge is 0.246 e. The molecule has 0 saturated carbocycles. The first-order chi connectivity index (χ1) is 12.6. The Morgan fingerprint density at radius 3 is 2.85 bits per heavy atom. The Morgan fingerprint density at radius 2 is 2.15 bits per heavy atom. The van der Waals surface area contributed by atoms with Gasteiger partial charge in [-0.2, -0.15) is 0 Å². The van der Waals surface area contributed by atoms with Crippen molar-refractivity contribution in [1.29, 1.82) is 0 Å². The summed E-state index contributed by atoms with van der Waals surface area (Å²) < 4.78 is 19.7. The fourth-order valence-electron chi connectivity index (χ4n) is 2.90. The molecule has 2 aromatic rings. The average molecular weight is 355 g/mol. The number of aromatic nitrogens is 1. The molecule has 1 saturated heterocycles. The zero-order valence-electron chi connectivity index (χ0n) is 14.7. The Morgan fingerprint density at radius 1 is 1.35 bits per heavy atom. The summed E-state index contributed by atoms with van der Waals surface area (Å²) in [7, 11) is 1.81. The largest absolute Gasteiger partial charge is 0.453 e. The lowest BCUT2D eigenvalue weighted by atomic mass is 10.1. The van der Waals surface area contributed by atoms with Crippen molar-refractivity contribution in [3.05, 3.63) is 60.2 Å². The van der Waals surface area contributed by atoms with Crippen LogP contribution in [0, 0.1) is 5.82 Å². The molecule has 136 valence electrons. The summed E-state index contributed by atoms with van der Waals surface area (Å²) in [6, 6.07) is 8.27. The van der Waals surface area contributed by atoms with E-state index in [0.717, 1.165) is 25.9 Å². The van der Waals surface area contributed by atoms with Crippen molar-refractivity contribution in [2.24, 2.45) is 0 Å². The lowest BCUT2D eigenvalue weighted by Crippen LogP contribution is -2.43. The van der Waals surface area contributed by atoms with Crippen LogP contribution in [0.3, 0.4) is 0 Å². The molecule has 0 radical (unpaired) electrons. The highest BCUT2D eigenvalue weighted by molar-refractivity contribution is 5.91. The number of amides is 1. The van der Waals surface area contributed by atoms with Gasteiger partial charge in [0.15, 0.2) is 11.6 Å². The van der Waals surface area contributed by atoms with Crippen LogP contribution < -0.4 is 10.1 Å². The zero-order chi connectivity index (χ0) is 18.4. The first kappa shape index (κ1) is 18.1. The number of hydrogen-bond donors (Lipinski definition) is 1. The monoisotopic (exact) mass is 355 g/mol. The van der Waals surface area contributed by atoms with E-state index in [-0.39, 0.29) is 17.7 Å². The van der Waals surface area contributed by atoms with E-state index in [1.165, 1.54) is 18.3 Å². The molecule has 1 aromatic heterocycles. The van der Waals surface area contributed by atoms with Gasteiger partial charge in [0.25, 0.3) is 0 Å². The van der Waals surface area contributed by atoms with Crippen LogP contribution in [0.2, 0.25) is 0 Å². The maximum absolute atomic E-state index is 14.2. The van der Waals surface area contributed by atoms with Crippen LogP contribution in [-0.2, 0) is 4.79 Å². The van der Waals surface area contributed by atoms with Crippen LogP contribution >= 0.6 is 0 Å². The molecule has 2 heterocycles. The van der Waals surface area contributed by atoms with Crippen molar-refractivity contribution < 1.29 is 13.9 Å². The number of pyridine rings is 1. The molecule has 1 aliphatic rings. The van der Waals surface area contributed by atoms with Crippen molar-refractivity contribution in [1.82, 2.24) is 15.2 Å². The first-order valence-electron chi connectivity index (χ1n) is 8.66. The number of carbonyl (C=O) groups excluding carboxylic acids is 1. The third kappa shape index (κ3) is 4.67. The Hall–Kier alpha value is -2.73. The van der Waals surface area contributed by atoms with Gasteiger partial charge < -0.3 is 15.0 Å². The van der Waals surface area contributed by atoms with E-state index in [2.05, 4.69) is 10.3 Å². The molecular formula is C20H22FN3O2. The molecule has 1 fully saturated rings. The van der Waals surface area contributed by atoms with E-state index in [0.29, 0.717) is 11.3 Å². The predicted octanol–water partition coefficient (Wildman–Crippen LogP) is 3.24. The molecule has 1 aromatic carbocycles. The standard InChI is InChI=1S/C20H22FN3O2/c1-24(16-8-11-22-12-9-16)20(25)7-5-15-4-6-19(18(21)13-15)26-17-3-2-10-23-14-17/h2-7,10,13-14,16,22H,8-9,11-12H2,1H3. The lowest BCUT2D eigenvalue weighted by molar-refractivity contribution is -0.127. The number of rotatable bonds is 5.